The predicted molar refractivity (Wildman–Crippen MR) is 165 cm³/mol. The third kappa shape index (κ3) is 6.93. The summed E-state index contributed by atoms with van der Waals surface area (Å²) < 4.78 is 34.6. The van der Waals surface area contributed by atoms with Gasteiger partial charge in [0.2, 0.25) is 21.8 Å². The Kier molecular flexibility index (Phi) is 9.81. The van der Waals surface area contributed by atoms with Crippen molar-refractivity contribution in [3.05, 3.63) is 108 Å². The molecule has 43 heavy (non-hydrogen) atoms. The number of piperazine rings is 1. The number of carbonyl (C=O) groups excluding carboxylic acids is 2. The molecule has 5 rings (SSSR count). The molecule has 224 valence electrons. The van der Waals surface area contributed by atoms with Crippen molar-refractivity contribution in [3.63, 3.8) is 0 Å². The molecule has 2 heterocycles. The summed E-state index contributed by atoms with van der Waals surface area (Å²) in [5.41, 5.74) is 2.33. The summed E-state index contributed by atoms with van der Waals surface area (Å²) in [5, 5.41) is 3.56. The van der Waals surface area contributed by atoms with Crippen LogP contribution in [0.1, 0.15) is 30.4 Å². The minimum absolute atomic E-state index is 0.0213. The fraction of sp³-hybridized carbons (Fsp3) is 0.303. The molecule has 0 radical (unpaired) electrons. The molecule has 1 aromatic heterocycles. The lowest BCUT2D eigenvalue weighted by molar-refractivity contribution is -0.136. The van der Waals surface area contributed by atoms with Gasteiger partial charge >= 0.3 is 0 Å². The number of fused-ring (bicyclic) bond motifs is 1. The number of rotatable bonds is 11. The lowest BCUT2D eigenvalue weighted by Gasteiger charge is -2.40. The highest BCUT2D eigenvalue weighted by Gasteiger charge is 2.42. The Balaban J connectivity index is 1.44. The van der Waals surface area contributed by atoms with Crippen molar-refractivity contribution in [1.29, 1.82) is 0 Å². The van der Waals surface area contributed by atoms with Gasteiger partial charge in [0, 0.05) is 51.0 Å². The lowest BCUT2D eigenvalue weighted by atomic mass is 9.89. The first-order chi connectivity index (χ1) is 20.9. The molecule has 0 aliphatic carbocycles. The Morgan fingerprint density at radius 3 is 2.33 bits per heavy atom. The van der Waals surface area contributed by atoms with Crippen LogP contribution >= 0.6 is 0 Å². The van der Waals surface area contributed by atoms with Crippen LogP contribution in [0.2, 0.25) is 0 Å². The number of nitrogens with zero attached hydrogens (tertiary/aromatic N) is 3. The molecule has 1 fully saturated rings. The highest BCUT2D eigenvalue weighted by molar-refractivity contribution is 7.89. The Labute approximate surface area is 252 Å². The molecule has 1 saturated heterocycles. The third-order valence-electron chi connectivity index (χ3n) is 7.61. The molecular weight excluding hydrogens is 564 g/mol. The van der Waals surface area contributed by atoms with E-state index in [9.17, 15) is 18.0 Å². The van der Waals surface area contributed by atoms with E-state index in [0.717, 1.165) is 11.1 Å². The highest BCUT2D eigenvalue weighted by Crippen LogP contribution is 2.30. The molecular formula is C33H36N4O5S. The highest BCUT2D eigenvalue weighted by atomic mass is 32.2. The molecule has 0 spiro atoms. The van der Waals surface area contributed by atoms with Crippen molar-refractivity contribution in [1.82, 2.24) is 19.5 Å². The molecule has 0 bridgehead atoms. The minimum atomic E-state index is -4.08. The SMILES string of the molecule is CCOCCCNC(=O)C1CN(C(=O)C(c2ccccc2)c2ccccc2)CCN1S(=O)(=O)c1ccc2ncccc2c1. The summed E-state index contributed by atoms with van der Waals surface area (Å²) >= 11 is 0. The van der Waals surface area contributed by atoms with Crippen LogP contribution in [0, 0.1) is 0 Å². The van der Waals surface area contributed by atoms with Crippen LogP contribution < -0.4 is 5.32 Å². The number of amides is 2. The molecule has 10 heteroatoms. The normalized spacial score (nSPS) is 16.0. The fourth-order valence-electron chi connectivity index (χ4n) is 5.42. The average Bonchev–Trinajstić information content (AvgIpc) is 3.05. The average molecular weight is 601 g/mol. The van der Waals surface area contributed by atoms with Crippen molar-refractivity contribution in [3.8, 4) is 0 Å². The maximum absolute atomic E-state index is 14.2. The number of aromatic nitrogens is 1. The summed E-state index contributed by atoms with van der Waals surface area (Å²) in [7, 11) is -4.08. The minimum Gasteiger partial charge on any atom is -0.382 e. The number of pyridine rings is 1. The summed E-state index contributed by atoms with van der Waals surface area (Å²) in [6, 6.07) is 26.2. The van der Waals surface area contributed by atoms with Crippen molar-refractivity contribution >= 4 is 32.7 Å². The fourth-order valence-corrected chi connectivity index (χ4v) is 7.02. The van der Waals surface area contributed by atoms with E-state index >= 15 is 0 Å². The molecule has 0 saturated carbocycles. The number of nitrogens with one attached hydrogen (secondary N) is 1. The number of benzene rings is 3. The van der Waals surface area contributed by atoms with E-state index < -0.39 is 27.9 Å². The quantitative estimate of drug-likeness (QED) is 0.262. The van der Waals surface area contributed by atoms with Crippen molar-refractivity contribution < 1.29 is 22.7 Å². The zero-order valence-electron chi connectivity index (χ0n) is 24.1. The van der Waals surface area contributed by atoms with Gasteiger partial charge in [0.1, 0.15) is 6.04 Å². The monoisotopic (exact) mass is 600 g/mol. The first-order valence-corrected chi connectivity index (χ1v) is 15.9. The van der Waals surface area contributed by atoms with E-state index in [2.05, 4.69) is 10.3 Å². The molecule has 3 aromatic carbocycles. The summed E-state index contributed by atoms with van der Waals surface area (Å²) in [5.74, 6) is -1.22. The van der Waals surface area contributed by atoms with E-state index in [1.165, 1.54) is 10.4 Å². The summed E-state index contributed by atoms with van der Waals surface area (Å²) in [6.07, 6.45) is 2.24. The molecule has 1 aliphatic rings. The van der Waals surface area contributed by atoms with Crippen molar-refractivity contribution in [2.24, 2.45) is 0 Å². The lowest BCUT2D eigenvalue weighted by Crippen LogP contribution is -2.62. The molecule has 9 nitrogen and oxygen atoms in total. The van der Waals surface area contributed by atoms with Crippen LogP contribution in [-0.2, 0) is 24.3 Å². The van der Waals surface area contributed by atoms with Gasteiger partial charge < -0.3 is 15.0 Å². The van der Waals surface area contributed by atoms with E-state index in [1.54, 1.807) is 35.4 Å². The first-order valence-electron chi connectivity index (χ1n) is 14.5. The van der Waals surface area contributed by atoms with Gasteiger partial charge in [-0.05, 0) is 48.7 Å². The molecule has 1 aliphatic heterocycles. The van der Waals surface area contributed by atoms with Crippen LogP contribution in [0.15, 0.2) is 102 Å². The van der Waals surface area contributed by atoms with Gasteiger partial charge in [-0.1, -0.05) is 66.7 Å². The molecule has 2 amide bonds. The Morgan fingerprint density at radius 1 is 0.953 bits per heavy atom. The van der Waals surface area contributed by atoms with Gasteiger partial charge in [0.05, 0.1) is 16.3 Å². The third-order valence-corrected chi connectivity index (χ3v) is 9.51. The van der Waals surface area contributed by atoms with Crippen LogP contribution in [0.5, 0.6) is 0 Å². The number of hydrogen-bond donors (Lipinski definition) is 1. The second-order valence-electron chi connectivity index (χ2n) is 10.4. The van der Waals surface area contributed by atoms with Gasteiger partial charge in [-0.2, -0.15) is 4.31 Å². The standard InChI is InChI=1S/C33H36N4O5S/c1-2-42-22-10-19-35-32(38)30-24-36(33(39)31(25-11-5-3-6-12-25)26-13-7-4-8-14-26)20-21-37(30)43(40,41)28-16-17-29-27(23-28)15-9-18-34-29/h3-9,11-18,23,30-31H,2,10,19-22,24H2,1H3,(H,35,38). The second-order valence-corrected chi connectivity index (χ2v) is 12.3. The molecule has 4 aromatic rings. The number of carbonyl (C=O) groups is 2. The van der Waals surface area contributed by atoms with Gasteiger partial charge in [-0.3, -0.25) is 14.6 Å². The van der Waals surface area contributed by atoms with Gasteiger partial charge in [-0.25, -0.2) is 8.42 Å². The van der Waals surface area contributed by atoms with E-state index in [-0.39, 0.29) is 30.4 Å². The Morgan fingerprint density at radius 2 is 1.65 bits per heavy atom. The molecule has 1 unspecified atom stereocenters. The predicted octanol–water partition coefficient (Wildman–Crippen LogP) is 3.81. The zero-order valence-corrected chi connectivity index (χ0v) is 24.9. The maximum Gasteiger partial charge on any atom is 0.243 e. The van der Waals surface area contributed by atoms with E-state index in [0.29, 0.717) is 37.1 Å². The first kappa shape index (κ1) is 30.3. The molecule has 1 atom stereocenters. The Bertz CT molecular complexity index is 1610. The summed E-state index contributed by atoms with van der Waals surface area (Å²) in [6.45, 7) is 3.34. The van der Waals surface area contributed by atoms with Crippen LogP contribution in [-0.4, -0.2) is 79.9 Å². The smallest absolute Gasteiger partial charge is 0.243 e. The van der Waals surface area contributed by atoms with Gasteiger partial charge in [-0.15, -0.1) is 0 Å². The van der Waals surface area contributed by atoms with Crippen LogP contribution in [0.25, 0.3) is 10.9 Å². The van der Waals surface area contributed by atoms with E-state index in [4.69, 9.17) is 4.74 Å². The maximum atomic E-state index is 14.2. The number of ether oxygens (including phenoxy) is 1. The zero-order chi connectivity index (χ0) is 30.2. The molecule has 1 N–H and O–H groups in total. The number of sulfonamides is 1. The van der Waals surface area contributed by atoms with Crippen molar-refractivity contribution in [2.45, 2.75) is 30.2 Å². The van der Waals surface area contributed by atoms with Gasteiger partial charge in [0.25, 0.3) is 0 Å². The van der Waals surface area contributed by atoms with Crippen molar-refractivity contribution in [2.75, 3.05) is 39.4 Å². The largest absolute Gasteiger partial charge is 0.382 e. The Hall–Kier alpha value is -4.12. The second kappa shape index (κ2) is 13.9. The van der Waals surface area contributed by atoms with E-state index in [1.807, 2.05) is 67.6 Å². The van der Waals surface area contributed by atoms with Crippen LogP contribution in [0.4, 0.5) is 0 Å². The summed E-state index contributed by atoms with van der Waals surface area (Å²) in [4.78, 5) is 33.8. The van der Waals surface area contributed by atoms with Crippen LogP contribution in [0.3, 0.4) is 0 Å². The number of hydrogen-bond acceptors (Lipinski definition) is 6. The topological polar surface area (TPSA) is 109 Å². The van der Waals surface area contributed by atoms with Gasteiger partial charge in [0.15, 0.2) is 0 Å².